The first-order chi connectivity index (χ1) is 13.7. The zero-order valence-corrected chi connectivity index (χ0v) is 16.8. The maximum atomic E-state index is 12.9. The van der Waals surface area contributed by atoms with E-state index in [0.717, 1.165) is 0 Å². The number of nitrogens with two attached hydrogens (primary N) is 2. The van der Waals surface area contributed by atoms with Crippen molar-refractivity contribution in [1.82, 2.24) is 15.1 Å². The van der Waals surface area contributed by atoms with E-state index in [1.165, 1.54) is 9.80 Å². The van der Waals surface area contributed by atoms with Crippen molar-refractivity contribution >= 4 is 42.2 Å². The Labute approximate surface area is 173 Å². The Morgan fingerprint density at radius 3 is 2.21 bits per heavy atom. The molecule has 0 aromatic rings. The van der Waals surface area contributed by atoms with E-state index < -0.39 is 53.8 Å². The average molecular weight is 429 g/mol. The number of carboxylic acid groups (broad SMARTS) is 1. The highest BCUT2D eigenvalue weighted by Crippen LogP contribution is 2.25. The molecular weight excluding hydrogens is 402 g/mol. The molecule has 0 spiro atoms. The predicted molar refractivity (Wildman–Crippen MR) is 105 cm³/mol. The summed E-state index contributed by atoms with van der Waals surface area (Å²) in [5.41, 5.74) is 10.6. The van der Waals surface area contributed by atoms with Crippen LogP contribution in [0.25, 0.3) is 0 Å². The van der Waals surface area contributed by atoms with Gasteiger partial charge >= 0.3 is 5.97 Å². The minimum absolute atomic E-state index is 0.0350. The molecule has 4 amide bonds. The number of hydrogen-bond acceptors (Lipinski definition) is 7. The molecule has 0 saturated carbocycles. The summed E-state index contributed by atoms with van der Waals surface area (Å²) in [6.45, 7) is 0.650. The fraction of sp³-hybridized carbons (Fsp3) is 0.706. The van der Waals surface area contributed by atoms with Gasteiger partial charge in [0.1, 0.15) is 18.1 Å². The van der Waals surface area contributed by atoms with Crippen LogP contribution in [0.2, 0.25) is 0 Å². The molecule has 4 unspecified atom stereocenters. The first-order valence-corrected chi connectivity index (χ1v) is 10.1. The molecule has 0 radical (unpaired) electrons. The van der Waals surface area contributed by atoms with Gasteiger partial charge in [-0.15, -0.1) is 0 Å². The summed E-state index contributed by atoms with van der Waals surface area (Å²) >= 11 is 4.10. The lowest BCUT2D eigenvalue weighted by Crippen LogP contribution is -2.57. The van der Waals surface area contributed by atoms with Gasteiger partial charge in [0.25, 0.3) is 0 Å². The second kappa shape index (κ2) is 9.92. The third-order valence-corrected chi connectivity index (χ3v) is 5.56. The molecule has 12 heteroatoms. The van der Waals surface area contributed by atoms with Crippen molar-refractivity contribution in [2.24, 2.45) is 11.5 Å². The molecule has 0 aliphatic carbocycles. The summed E-state index contributed by atoms with van der Waals surface area (Å²) in [6, 6.07) is -3.89. The number of carbonyl (C=O) groups excluding carboxylic acids is 4. The van der Waals surface area contributed by atoms with Crippen molar-refractivity contribution in [1.29, 1.82) is 0 Å². The van der Waals surface area contributed by atoms with Crippen molar-refractivity contribution in [3.63, 3.8) is 0 Å². The van der Waals surface area contributed by atoms with Crippen molar-refractivity contribution in [2.75, 3.05) is 18.8 Å². The van der Waals surface area contributed by atoms with E-state index in [0.29, 0.717) is 38.8 Å². The van der Waals surface area contributed by atoms with E-state index in [1.807, 2.05) is 0 Å². The smallest absolute Gasteiger partial charge is 0.326 e. The van der Waals surface area contributed by atoms with Gasteiger partial charge in [0, 0.05) is 18.8 Å². The third kappa shape index (κ3) is 5.38. The monoisotopic (exact) mass is 429 g/mol. The van der Waals surface area contributed by atoms with Crippen LogP contribution < -0.4 is 16.8 Å². The Bertz CT molecular complexity index is 689. The number of hydrogen-bond donors (Lipinski definition) is 5. The van der Waals surface area contributed by atoms with Crippen molar-refractivity contribution in [2.45, 2.75) is 56.3 Å². The number of likely N-dealkylation sites (tertiary alicyclic amines) is 2. The standard InChI is InChI=1S/C17H27N5O6S/c18-9(7-13(19)23)14(24)20-10(8-29)15(25)21-5-1-3-11(21)16(26)22-6-2-4-12(22)17(27)28/h9-12,29H,1-8,18H2,(H2,19,23)(H,20,24)(H,27,28). The van der Waals surface area contributed by atoms with Gasteiger partial charge in [-0.1, -0.05) is 0 Å². The van der Waals surface area contributed by atoms with Crippen LogP contribution in [0.15, 0.2) is 0 Å². The maximum absolute atomic E-state index is 12.9. The van der Waals surface area contributed by atoms with Crippen LogP contribution in [0.3, 0.4) is 0 Å². The van der Waals surface area contributed by atoms with Crippen molar-refractivity contribution < 1.29 is 29.1 Å². The number of amides is 4. The van der Waals surface area contributed by atoms with Gasteiger partial charge in [0.15, 0.2) is 0 Å². The quantitative estimate of drug-likeness (QED) is 0.269. The fourth-order valence-electron chi connectivity index (χ4n) is 3.74. The Balaban J connectivity index is 2.07. The molecule has 0 bridgehead atoms. The molecule has 11 nitrogen and oxygen atoms in total. The highest BCUT2D eigenvalue weighted by Gasteiger charge is 2.43. The van der Waals surface area contributed by atoms with Crippen LogP contribution in [-0.4, -0.2) is 87.5 Å². The van der Waals surface area contributed by atoms with Gasteiger partial charge in [-0.3, -0.25) is 19.2 Å². The minimum atomic E-state index is -1.19. The maximum Gasteiger partial charge on any atom is 0.326 e. The lowest BCUT2D eigenvalue weighted by molar-refractivity contribution is -0.152. The van der Waals surface area contributed by atoms with Crippen LogP contribution in [0, 0.1) is 0 Å². The molecule has 0 aromatic carbocycles. The number of rotatable bonds is 8. The van der Waals surface area contributed by atoms with Crippen LogP contribution in [0.1, 0.15) is 32.1 Å². The highest BCUT2D eigenvalue weighted by molar-refractivity contribution is 7.80. The van der Waals surface area contributed by atoms with E-state index in [2.05, 4.69) is 17.9 Å². The molecule has 6 N–H and O–H groups in total. The zero-order chi connectivity index (χ0) is 21.7. The molecule has 2 aliphatic heterocycles. The Morgan fingerprint density at radius 1 is 1.07 bits per heavy atom. The number of carboxylic acids is 1. The van der Waals surface area contributed by atoms with Gasteiger partial charge in [0.05, 0.1) is 12.5 Å². The van der Waals surface area contributed by atoms with Crippen LogP contribution in [0.5, 0.6) is 0 Å². The summed E-state index contributed by atoms with van der Waals surface area (Å²) in [7, 11) is 0. The summed E-state index contributed by atoms with van der Waals surface area (Å²) in [5.74, 6) is -3.45. The van der Waals surface area contributed by atoms with Crippen LogP contribution in [0.4, 0.5) is 0 Å². The van der Waals surface area contributed by atoms with Gasteiger partial charge in [-0.25, -0.2) is 4.79 Å². The highest BCUT2D eigenvalue weighted by atomic mass is 32.1. The minimum Gasteiger partial charge on any atom is -0.480 e. The molecule has 4 atom stereocenters. The molecule has 162 valence electrons. The van der Waals surface area contributed by atoms with E-state index in [9.17, 15) is 29.1 Å². The van der Waals surface area contributed by atoms with Gasteiger partial charge in [-0.2, -0.15) is 12.6 Å². The lowest BCUT2D eigenvalue weighted by Gasteiger charge is -2.32. The van der Waals surface area contributed by atoms with E-state index >= 15 is 0 Å². The molecule has 2 heterocycles. The molecule has 2 aliphatic rings. The topological polar surface area (TPSA) is 176 Å². The van der Waals surface area contributed by atoms with Crippen LogP contribution in [-0.2, 0) is 24.0 Å². The van der Waals surface area contributed by atoms with E-state index in [-0.39, 0.29) is 12.2 Å². The Hall–Kier alpha value is -2.34. The first-order valence-electron chi connectivity index (χ1n) is 9.46. The second-order valence-corrected chi connectivity index (χ2v) is 7.60. The summed E-state index contributed by atoms with van der Waals surface area (Å²) < 4.78 is 0. The van der Waals surface area contributed by atoms with Gasteiger partial charge in [0.2, 0.25) is 23.6 Å². The second-order valence-electron chi connectivity index (χ2n) is 7.24. The summed E-state index contributed by atoms with van der Waals surface area (Å²) in [4.78, 5) is 63.0. The SMILES string of the molecule is NC(=O)CC(N)C(=O)NC(CS)C(=O)N1CCCC1C(=O)N1CCCC1C(=O)O. The van der Waals surface area contributed by atoms with E-state index in [1.54, 1.807) is 0 Å². The van der Waals surface area contributed by atoms with Crippen molar-refractivity contribution in [3.8, 4) is 0 Å². The molecular formula is C17H27N5O6S. The fourth-order valence-corrected chi connectivity index (χ4v) is 3.99. The molecule has 2 fully saturated rings. The normalized spacial score (nSPS) is 23.5. The molecule has 2 rings (SSSR count). The number of nitrogens with zero attached hydrogens (tertiary/aromatic N) is 2. The van der Waals surface area contributed by atoms with Crippen molar-refractivity contribution in [3.05, 3.63) is 0 Å². The van der Waals surface area contributed by atoms with Gasteiger partial charge < -0.3 is 31.7 Å². The largest absolute Gasteiger partial charge is 0.480 e. The molecule has 29 heavy (non-hydrogen) atoms. The average Bonchev–Trinajstić information content (AvgIpc) is 3.33. The molecule has 2 saturated heterocycles. The Kier molecular flexibility index (Phi) is 7.85. The van der Waals surface area contributed by atoms with E-state index in [4.69, 9.17) is 11.5 Å². The third-order valence-electron chi connectivity index (χ3n) is 5.20. The lowest BCUT2D eigenvalue weighted by atomic mass is 10.1. The predicted octanol–water partition coefficient (Wildman–Crippen LogP) is -2.33. The van der Waals surface area contributed by atoms with Gasteiger partial charge in [-0.05, 0) is 25.7 Å². The Morgan fingerprint density at radius 2 is 1.66 bits per heavy atom. The zero-order valence-electron chi connectivity index (χ0n) is 16.0. The summed E-state index contributed by atoms with van der Waals surface area (Å²) in [6.07, 6.45) is 1.62. The molecule has 0 aromatic heterocycles. The number of aliphatic carboxylic acids is 1. The number of thiol groups is 1. The summed E-state index contributed by atoms with van der Waals surface area (Å²) in [5, 5.41) is 11.8. The number of nitrogens with one attached hydrogen (secondary N) is 1. The first kappa shape index (κ1) is 22.9. The number of primary amides is 1. The van der Waals surface area contributed by atoms with Crippen LogP contribution >= 0.6 is 12.6 Å². The number of carbonyl (C=O) groups is 5.